The van der Waals surface area contributed by atoms with E-state index in [2.05, 4.69) is 60.1 Å². The lowest BCUT2D eigenvalue weighted by molar-refractivity contribution is 0.177. The number of hydrogen-bond acceptors (Lipinski definition) is 3. The van der Waals surface area contributed by atoms with Crippen molar-refractivity contribution in [2.24, 2.45) is 5.73 Å². The molecule has 3 nitrogen and oxygen atoms in total. The van der Waals surface area contributed by atoms with Gasteiger partial charge in [0.2, 0.25) is 0 Å². The molecule has 0 fully saturated rings. The fourth-order valence-corrected chi connectivity index (χ4v) is 2.63. The van der Waals surface area contributed by atoms with E-state index in [9.17, 15) is 0 Å². The van der Waals surface area contributed by atoms with Gasteiger partial charge in [0.15, 0.2) is 0 Å². The number of rotatable bonds is 6. The Bertz CT molecular complexity index is 496. The molecule has 1 heterocycles. The van der Waals surface area contributed by atoms with E-state index in [0.717, 1.165) is 13.1 Å². The minimum absolute atomic E-state index is 0.0704. The Balaban J connectivity index is 2.22. The van der Waals surface area contributed by atoms with Crippen LogP contribution in [0.25, 0.3) is 0 Å². The average molecular weight is 269 g/mol. The summed E-state index contributed by atoms with van der Waals surface area (Å²) in [6, 6.07) is 14.9. The smallest absolute Gasteiger partial charge is 0.0501 e. The van der Waals surface area contributed by atoms with E-state index in [-0.39, 0.29) is 12.1 Å². The molecule has 2 N–H and O–H groups in total. The first-order chi connectivity index (χ1) is 9.72. The molecule has 0 bridgehead atoms. The molecule has 0 spiro atoms. The Morgan fingerprint density at radius 3 is 2.30 bits per heavy atom. The van der Waals surface area contributed by atoms with Gasteiger partial charge in [-0.05, 0) is 36.7 Å². The SMILES string of the molecule is CCN(Cc1ccccc1)C(c1ccncc1)C(C)N. The normalized spacial score (nSPS) is 14.2. The molecular weight excluding hydrogens is 246 g/mol. The van der Waals surface area contributed by atoms with Crippen LogP contribution in [0.1, 0.15) is 31.0 Å². The molecule has 2 atom stereocenters. The zero-order valence-electron chi connectivity index (χ0n) is 12.2. The molecule has 2 rings (SSSR count). The Morgan fingerprint density at radius 1 is 1.10 bits per heavy atom. The van der Waals surface area contributed by atoms with Crippen molar-refractivity contribution in [1.29, 1.82) is 0 Å². The first-order valence-electron chi connectivity index (χ1n) is 7.16. The highest BCUT2D eigenvalue weighted by atomic mass is 15.2. The van der Waals surface area contributed by atoms with E-state index < -0.39 is 0 Å². The van der Waals surface area contributed by atoms with Gasteiger partial charge in [-0.2, -0.15) is 0 Å². The first-order valence-corrected chi connectivity index (χ1v) is 7.16. The second-order valence-corrected chi connectivity index (χ2v) is 5.13. The highest BCUT2D eigenvalue weighted by molar-refractivity contribution is 5.19. The number of aromatic nitrogens is 1. The molecular formula is C17H23N3. The van der Waals surface area contributed by atoms with E-state index in [0.29, 0.717) is 0 Å². The Kier molecular flexibility index (Phi) is 5.27. The van der Waals surface area contributed by atoms with Crippen LogP contribution in [0.5, 0.6) is 0 Å². The molecule has 20 heavy (non-hydrogen) atoms. The van der Waals surface area contributed by atoms with Crippen molar-refractivity contribution in [3.05, 3.63) is 66.0 Å². The molecule has 1 aromatic carbocycles. The van der Waals surface area contributed by atoms with Crippen LogP contribution in [0.4, 0.5) is 0 Å². The number of nitrogens with two attached hydrogens (primary N) is 1. The molecule has 1 aromatic heterocycles. The summed E-state index contributed by atoms with van der Waals surface area (Å²) in [5, 5.41) is 0. The minimum atomic E-state index is 0.0704. The number of likely N-dealkylation sites (N-methyl/N-ethyl adjacent to an activating group) is 1. The maximum atomic E-state index is 6.24. The molecule has 106 valence electrons. The van der Waals surface area contributed by atoms with Gasteiger partial charge in [0.05, 0.1) is 6.04 Å². The summed E-state index contributed by atoms with van der Waals surface area (Å²) in [5.41, 5.74) is 8.78. The van der Waals surface area contributed by atoms with E-state index >= 15 is 0 Å². The molecule has 0 aliphatic rings. The molecule has 0 amide bonds. The molecule has 0 aliphatic heterocycles. The van der Waals surface area contributed by atoms with Crippen LogP contribution < -0.4 is 5.73 Å². The standard InChI is InChI=1S/C17H23N3/c1-3-20(13-15-7-5-4-6-8-15)17(14(2)18)16-9-11-19-12-10-16/h4-12,14,17H,3,13,18H2,1-2H3. The van der Waals surface area contributed by atoms with Crippen molar-refractivity contribution in [3.8, 4) is 0 Å². The summed E-state index contributed by atoms with van der Waals surface area (Å²) in [7, 11) is 0. The summed E-state index contributed by atoms with van der Waals surface area (Å²) in [6.07, 6.45) is 3.67. The highest BCUT2D eigenvalue weighted by Gasteiger charge is 2.22. The largest absolute Gasteiger partial charge is 0.326 e. The van der Waals surface area contributed by atoms with Crippen LogP contribution in [0.3, 0.4) is 0 Å². The number of benzene rings is 1. The third kappa shape index (κ3) is 3.65. The van der Waals surface area contributed by atoms with Crippen LogP contribution >= 0.6 is 0 Å². The maximum absolute atomic E-state index is 6.24. The average Bonchev–Trinajstić information content (AvgIpc) is 2.48. The van der Waals surface area contributed by atoms with Gasteiger partial charge in [-0.3, -0.25) is 9.88 Å². The van der Waals surface area contributed by atoms with Crippen LogP contribution in [0.15, 0.2) is 54.9 Å². The summed E-state index contributed by atoms with van der Waals surface area (Å²) in [4.78, 5) is 6.51. The zero-order chi connectivity index (χ0) is 14.4. The van der Waals surface area contributed by atoms with E-state index in [1.807, 2.05) is 18.5 Å². The van der Waals surface area contributed by atoms with E-state index in [1.165, 1.54) is 11.1 Å². The lowest BCUT2D eigenvalue weighted by Crippen LogP contribution is -2.39. The second-order valence-electron chi connectivity index (χ2n) is 5.13. The van der Waals surface area contributed by atoms with Crippen molar-refractivity contribution >= 4 is 0 Å². The number of hydrogen-bond donors (Lipinski definition) is 1. The van der Waals surface area contributed by atoms with Crippen molar-refractivity contribution in [1.82, 2.24) is 9.88 Å². The Hall–Kier alpha value is -1.71. The molecule has 2 aromatic rings. The van der Waals surface area contributed by atoms with Crippen LogP contribution in [-0.4, -0.2) is 22.5 Å². The van der Waals surface area contributed by atoms with Gasteiger partial charge in [0, 0.05) is 25.0 Å². The monoisotopic (exact) mass is 269 g/mol. The Labute approximate surface area is 121 Å². The van der Waals surface area contributed by atoms with Gasteiger partial charge in [-0.1, -0.05) is 37.3 Å². The third-order valence-electron chi connectivity index (χ3n) is 3.57. The molecule has 2 unspecified atom stereocenters. The van der Waals surface area contributed by atoms with E-state index in [4.69, 9.17) is 5.73 Å². The number of nitrogens with zero attached hydrogens (tertiary/aromatic N) is 2. The second kappa shape index (κ2) is 7.17. The summed E-state index contributed by atoms with van der Waals surface area (Å²) in [5.74, 6) is 0. The summed E-state index contributed by atoms with van der Waals surface area (Å²) < 4.78 is 0. The van der Waals surface area contributed by atoms with Gasteiger partial charge >= 0.3 is 0 Å². The molecule has 0 aliphatic carbocycles. The first kappa shape index (κ1) is 14.7. The summed E-state index contributed by atoms with van der Waals surface area (Å²) >= 11 is 0. The molecule has 0 saturated heterocycles. The predicted octanol–water partition coefficient (Wildman–Crippen LogP) is 2.99. The highest BCUT2D eigenvalue weighted by Crippen LogP contribution is 2.24. The predicted molar refractivity (Wildman–Crippen MR) is 83.2 cm³/mol. The fraction of sp³-hybridized carbons (Fsp3) is 0.353. The van der Waals surface area contributed by atoms with Crippen molar-refractivity contribution in [2.45, 2.75) is 32.5 Å². The van der Waals surface area contributed by atoms with Gasteiger partial charge in [-0.15, -0.1) is 0 Å². The Morgan fingerprint density at radius 2 is 1.75 bits per heavy atom. The minimum Gasteiger partial charge on any atom is -0.326 e. The fourth-order valence-electron chi connectivity index (χ4n) is 2.63. The van der Waals surface area contributed by atoms with Crippen molar-refractivity contribution in [3.63, 3.8) is 0 Å². The van der Waals surface area contributed by atoms with E-state index in [1.54, 1.807) is 0 Å². The van der Waals surface area contributed by atoms with Crippen molar-refractivity contribution in [2.75, 3.05) is 6.54 Å². The number of pyridine rings is 1. The van der Waals surface area contributed by atoms with Crippen LogP contribution in [0.2, 0.25) is 0 Å². The third-order valence-corrected chi connectivity index (χ3v) is 3.57. The van der Waals surface area contributed by atoms with Gasteiger partial charge in [0.1, 0.15) is 0 Å². The molecule has 3 heteroatoms. The summed E-state index contributed by atoms with van der Waals surface area (Å²) in [6.45, 7) is 6.12. The van der Waals surface area contributed by atoms with Gasteiger partial charge in [-0.25, -0.2) is 0 Å². The van der Waals surface area contributed by atoms with Gasteiger partial charge in [0.25, 0.3) is 0 Å². The lowest BCUT2D eigenvalue weighted by atomic mass is 9.99. The van der Waals surface area contributed by atoms with Crippen molar-refractivity contribution < 1.29 is 0 Å². The van der Waals surface area contributed by atoms with Gasteiger partial charge < -0.3 is 5.73 Å². The zero-order valence-corrected chi connectivity index (χ0v) is 12.2. The lowest BCUT2D eigenvalue weighted by Gasteiger charge is -2.33. The topological polar surface area (TPSA) is 42.2 Å². The quantitative estimate of drug-likeness (QED) is 0.876. The van der Waals surface area contributed by atoms with Crippen LogP contribution in [-0.2, 0) is 6.54 Å². The molecule has 0 saturated carbocycles. The molecule has 0 radical (unpaired) electrons. The maximum Gasteiger partial charge on any atom is 0.0501 e. The van der Waals surface area contributed by atoms with Crippen LogP contribution in [0, 0.1) is 0 Å².